The topological polar surface area (TPSA) is 66.9 Å². The SMILES string of the molecule is Cc1cccc(Nc2nc(C(=O)NC3CCCCC3)cs2)n1. The van der Waals surface area contributed by atoms with E-state index in [9.17, 15) is 4.79 Å². The van der Waals surface area contributed by atoms with E-state index in [0.29, 0.717) is 16.9 Å². The lowest BCUT2D eigenvalue weighted by Gasteiger charge is -2.22. The summed E-state index contributed by atoms with van der Waals surface area (Å²) < 4.78 is 0. The molecule has 0 unspecified atom stereocenters. The Bertz CT molecular complexity index is 649. The highest BCUT2D eigenvalue weighted by molar-refractivity contribution is 7.14. The number of anilines is 2. The zero-order valence-electron chi connectivity index (χ0n) is 12.6. The van der Waals surface area contributed by atoms with Gasteiger partial charge in [-0.15, -0.1) is 11.3 Å². The monoisotopic (exact) mass is 316 g/mol. The minimum atomic E-state index is -0.0756. The lowest BCUT2D eigenvalue weighted by molar-refractivity contribution is 0.0923. The van der Waals surface area contributed by atoms with Crippen LogP contribution >= 0.6 is 11.3 Å². The van der Waals surface area contributed by atoms with Gasteiger partial charge in [0.2, 0.25) is 0 Å². The Morgan fingerprint density at radius 3 is 2.82 bits per heavy atom. The summed E-state index contributed by atoms with van der Waals surface area (Å²) in [7, 11) is 0. The summed E-state index contributed by atoms with van der Waals surface area (Å²) in [6, 6.07) is 6.07. The maximum atomic E-state index is 12.2. The molecule has 5 nitrogen and oxygen atoms in total. The van der Waals surface area contributed by atoms with E-state index in [0.717, 1.165) is 24.4 Å². The second kappa shape index (κ2) is 6.87. The van der Waals surface area contributed by atoms with Crippen LogP contribution in [0.1, 0.15) is 48.3 Å². The summed E-state index contributed by atoms with van der Waals surface area (Å²) in [5, 5.41) is 8.70. The van der Waals surface area contributed by atoms with E-state index in [1.54, 1.807) is 5.38 Å². The van der Waals surface area contributed by atoms with Crippen LogP contribution in [0.5, 0.6) is 0 Å². The summed E-state index contributed by atoms with van der Waals surface area (Å²) in [4.78, 5) is 20.9. The van der Waals surface area contributed by atoms with Crippen LogP contribution in [0.15, 0.2) is 23.6 Å². The van der Waals surface area contributed by atoms with E-state index in [1.165, 1.54) is 30.6 Å². The number of carbonyl (C=O) groups is 1. The number of hydrogen-bond donors (Lipinski definition) is 2. The molecule has 116 valence electrons. The van der Waals surface area contributed by atoms with Crippen LogP contribution in [0.2, 0.25) is 0 Å². The van der Waals surface area contributed by atoms with Crippen molar-refractivity contribution in [1.29, 1.82) is 0 Å². The first-order chi connectivity index (χ1) is 10.7. The number of amides is 1. The second-order valence-electron chi connectivity index (χ2n) is 5.64. The van der Waals surface area contributed by atoms with Crippen LogP contribution in [0, 0.1) is 6.92 Å². The fourth-order valence-corrected chi connectivity index (χ4v) is 3.36. The minimum Gasteiger partial charge on any atom is -0.348 e. The van der Waals surface area contributed by atoms with E-state index in [1.807, 2.05) is 25.1 Å². The summed E-state index contributed by atoms with van der Waals surface area (Å²) in [6.07, 6.45) is 5.84. The first-order valence-electron chi connectivity index (χ1n) is 7.68. The summed E-state index contributed by atoms with van der Waals surface area (Å²) in [5.74, 6) is 0.669. The van der Waals surface area contributed by atoms with Gasteiger partial charge in [0.05, 0.1) is 0 Å². The van der Waals surface area contributed by atoms with Gasteiger partial charge in [0.25, 0.3) is 5.91 Å². The average Bonchev–Trinajstić information content (AvgIpc) is 2.97. The molecule has 0 bridgehead atoms. The van der Waals surface area contributed by atoms with Crippen LogP contribution in [0.25, 0.3) is 0 Å². The quantitative estimate of drug-likeness (QED) is 0.903. The predicted octanol–water partition coefficient (Wildman–Crippen LogP) is 3.65. The highest BCUT2D eigenvalue weighted by Gasteiger charge is 2.18. The van der Waals surface area contributed by atoms with Crippen molar-refractivity contribution in [2.45, 2.75) is 45.1 Å². The Labute approximate surface area is 134 Å². The zero-order valence-corrected chi connectivity index (χ0v) is 13.4. The minimum absolute atomic E-state index is 0.0756. The molecule has 6 heteroatoms. The van der Waals surface area contributed by atoms with Crippen LogP contribution in [-0.2, 0) is 0 Å². The lowest BCUT2D eigenvalue weighted by atomic mass is 9.95. The molecule has 1 fully saturated rings. The number of hydrogen-bond acceptors (Lipinski definition) is 5. The second-order valence-corrected chi connectivity index (χ2v) is 6.49. The van der Waals surface area contributed by atoms with Gasteiger partial charge in [-0.2, -0.15) is 0 Å². The van der Waals surface area contributed by atoms with E-state index in [4.69, 9.17) is 0 Å². The predicted molar refractivity (Wildman–Crippen MR) is 88.7 cm³/mol. The van der Waals surface area contributed by atoms with Crippen LogP contribution < -0.4 is 10.6 Å². The van der Waals surface area contributed by atoms with Crippen molar-refractivity contribution in [3.63, 3.8) is 0 Å². The summed E-state index contributed by atoms with van der Waals surface area (Å²) in [5.41, 5.74) is 1.42. The average molecular weight is 316 g/mol. The zero-order chi connectivity index (χ0) is 15.4. The maximum Gasteiger partial charge on any atom is 0.271 e. The van der Waals surface area contributed by atoms with Crippen molar-refractivity contribution in [3.05, 3.63) is 35.0 Å². The van der Waals surface area contributed by atoms with E-state index < -0.39 is 0 Å². The number of pyridine rings is 1. The molecule has 1 amide bonds. The standard InChI is InChI=1S/C16H20N4OS/c1-11-6-5-9-14(17-11)20-16-19-13(10-22-16)15(21)18-12-7-3-2-4-8-12/h5-6,9-10,12H,2-4,7-8H2,1H3,(H,18,21)(H,17,19,20). The van der Waals surface area contributed by atoms with Crippen molar-refractivity contribution in [1.82, 2.24) is 15.3 Å². The molecule has 0 atom stereocenters. The Balaban J connectivity index is 1.61. The molecule has 2 aromatic heterocycles. The van der Waals surface area contributed by atoms with Gasteiger partial charge < -0.3 is 10.6 Å². The fourth-order valence-electron chi connectivity index (χ4n) is 2.66. The van der Waals surface area contributed by atoms with Crippen LogP contribution in [0.3, 0.4) is 0 Å². The van der Waals surface area contributed by atoms with Gasteiger partial charge in [0.1, 0.15) is 11.5 Å². The molecule has 0 aromatic carbocycles. The Hall–Kier alpha value is -1.95. The van der Waals surface area contributed by atoms with Gasteiger partial charge in [-0.05, 0) is 31.9 Å². The molecule has 22 heavy (non-hydrogen) atoms. The molecule has 1 aliphatic carbocycles. The number of rotatable bonds is 4. The van der Waals surface area contributed by atoms with E-state index in [2.05, 4.69) is 20.6 Å². The van der Waals surface area contributed by atoms with Gasteiger partial charge in [0.15, 0.2) is 5.13 Å². The van der Waals surface area contributed by atoms with Gasteiger partial charge in [0, 0.05) is 17.1 Å². The molecule has 0 radical (unpaired) electrons. The maximum absolute atomic E-state index is 12.2. The van der Waals surface area contributed by atoms with Crippen molar-refractivity contribution in [2.24, 2.45) is 0 Å². The Morgan fingerprint density at radius 1 is 1.23 bits per heavy atom. The molecule has 2 N–H and O–H groups in total. The number of thiazole rings is 1. The fraction of sp³-hybridized carbons (Fsp3) is 0.438. The van der Waals surface area contributed by atoms with E-state index in [-0.39, 0.29) is 5.91 Å². The number of aryl methyl sites for hydroxylation is 1. The molecule has 2 aromatic rings. The highest BCUT2D eigenvalue weighted by Crippen LogP contribution is 2.21. The molecule has 1 saturated carbocycles. The van der Waals surface area contributed by atoms with Gasteiger partial charge in [-0.3, -0.25) is 4.79 Å². The molecular formula is C16H20N4OS. The molecule has 0 saturated heterocycles. The highest BCUT2D eigenvalue weighted by atomic mass is 32.1. The number of carbonyl (C=O) groups excluding carboxylic acids is 1. The van der Waals surface area contributed by atoms with Crippen molar-refractivity contribution in [2.75, 3.05) is 5.32 Å². The molecular weight excluding hydrogens is 296 g/mol. The number of nitrogens with one attached hydrogen (secondary N) is 2. The number of aromatic nitrogens is 2. The Kier molecular flexibility index (Phi) is 4.68. The first-order valence-corrected chi connectivity index (χ1v) is 8.56. The van der Waals surface area contributed by atoms with E-state index >= 15 is 0 Å². The van der Waals surface area contributed by atoms with Crippen LogP contribution in [0.4, 0.5) is 10.9 Å². The van der Waals surface area contributed by atoms with Crippen molar-refractivity contribution >= 4 is 28.2 Å². The Morgan fingerprint density at radius 2 is 2.05 bits per heavy atom. The van der Waals surface area contributed by atoms with Crippen LogP contribution in [-0.4, -0.2) is 21.9 Å². The molecule has 0 spiro atoms. The third kappa shape index (κ3) is 3.82. The summed E-state index contributed by atoms with van der Waals surface area (Å²) >= 11 is 1.42. The first kappa shape index (κ1) is 15.0. The van der Waals surface area contributed by atoms with Crippen molar-refractivity contribution < 1.29 is 4.79 Å². The summed E-state index contributed by atoms with van der Waals surface area (Å²) in [6.45, 7) is 1.94. The molecule has 0 aliphatic heterocycles. The van der Waals surface area contributed by atoms with Gasteiger partial charge in [-0.1, -0.05) is 25.3 Å². The largest absolute Gasteiger partial charge is 0.348 e. The van der Waals surface area contributed by atoms with Crippen molar-refractivity contribution in [3.8, 4) is 0 Å². The number of nitrogens with zero attached hydrogens (tertiary/aromatic N) is 2. The third-order valence-electron chi connectivity index (χ3n) is 3.80. The van der Waals surface area contributed by atoms with Gasteiger partial charge >= 0.3 is 0 Å². The lowest BCUT2D eigenvalue weighted by Crippen LogP contribution is -2.36. The molecule has 3 rings (SSSR count). The van der Waals surface area contributed by atoms with Gasteiger partial charge in [-0.25, -0.2) is 9.97 Å². The smallest absolute Gasteiger partial charge is 0.271 e. The molecule has 2 heterocycles. The normalized spacial score (nSPS) is 15.5. The molecule has 1 aliphatic rings. The third-order valence-corrected chi connectivity index (χ3v) is 4.56.